The molecule has 6 heteroatoms. The first-order chi connectivity index (χ1) is 15.7. The Hall–Kier alpha value is -4.32. The van der Waals surface area contributed by atoms with Crippen molar-refractivity contribution in [3.05, 3.63) is 116 Å². The monoisotopic (exact) mass is 420 g/mol. The maximum absolute atomic E-state index is 4.41. The Morgan fingerprint density at radius 3 is 1.50 bits per heavy atom. The molecule has 0 amide bonds. The second-order valence-corrected chi connectivity index (χ2v) is 7.74. The van der Waals surface area contributed by atoms with Gasteiger partial charge in [-0.05, 0) is 30.2 Å². The van der Waals surface area contributed by atoms with E-state index >= 15 is 0 Å². The van der Waals surface area contributed by atoms with Gasteiger partial charge in [-0.2, -0.15) is 13.7 Å². The molecule has 154 valence electrons. The van der Waals surface area contributed by atoms with E-state index in [1.807, 2.05) is 82.5 Å². The van der Waals surface area contributed by atoms with Crippen molar-refractivity contribution in [2.24, 2.45) is 7.05 Å². The number of pyridine rings is 2. The van der Waals surface area contributed by atoms with E-state index in [0.717, 1.165) is 22.9 Å². The summed E-state index contributed by atoms with van der Waals surface area (Å²) < 4.78 is 8.01. The van der Waals surface area contributed by atoms with Crippen LogP contribution in [-0.2, 0) is 7.05 Å². The molecule has 0 spiro atoms. The average Bonchev–Trinajstić information content (AvgIpc) is 2.85. The zero-order valence-electron chi connectivity index (χ0n) is 18.1. The molecular weight excluding hydrogens is 396 g/mol. The lowest BCUT2D eigenvalue weighted by Gasteiger charge is -2.00. The van der Waals surface area contributed by atoms with Gasteiger partial charge in [0.1, 0.15) is 7.05 Å². The molecule has 0 bridgehead atoms. The fraction of sp³-hybridized carbons (Fsp3) is 0.0769. The summed E-state index contributed by atoms with van der Waals surface area (Å²) in [6, 6.07) is 20.7. The van der Waals surface area contributed by atoms with Crippen LogP contribution in [0, 0.1) is 6.92 Å². The third-order valence-electron chi connectivity index (χ3n) is 5.41. The molecule has 0 radical (unpaired) electrons. The van der Waals surface area contributed by atoms with Crippen LogP contribution in [0.2, 0.25) is 0 Å². The van der Waals surface area contributed by atoms with Gasteiger partial charge in [0.25, 0.3) is 0 Å². The van der Waals surface area contributed by atoms with Gasteiger partial charge in [0, 0.05) is 36.4 Å². The molecule has 5 rings (SSSR count). The highest BCUT2D eigenvalue weighted by Gasteiger charge is 2.18. The van der Waals surface area contributed by atoms with Crippen molar-refractivity contribution in [3.8, 4) is 28.5 Å². The highest BCUT2D eigenvalue weighted by molar-refractivity contribution is 5.61. The van der Waals surface area contributed by atoms with Crippen molar-refractivity contribution in [3.63, 3.8) is 0 Å². The minimum Gasteiger partial charge on any atom is -0.208 e. The van der Waals surface area contributed by atoms with E-state index in [1.54, 1.807) is 0 Å². The Bertz CT molecular complexity index is 1220. The van der Waals surface area contributed by atoms with Gasteiger partial charge in [0.2, 0.25) is 18.1 Å². The van der Waals surface area contributed by atoms with E-state index in [-0.39, 0.29) is 0 Å². The molecule has 0 fully saturated rings. The standard InChI is InChI=1S/C26H24N6/c1-21-3-5-24(6-4-21)30-17-19-32(20-18-30)26-8-7-25(27-28-26)31-15-11-23(12-16-31)22-9-13-29(2)14-10-22/h3-20H,1-2H3/q+4. The predicted octanol–water partition coefficient (Wildman–Crippen LogP) is 2.11. The average molecular weight is 421 g/mol. The maximum atomic E-state index is 4.41. The fourth-order valence-corrected chi connectivity index (χ4v) is 3.49. The summed E-state index contributed by atoms with van der Waals surface area (Å²) in [6.07, 6.45) is 16.1. The number of nitrogens with zero attached hydrogens (tertiary/aromatic N) is 6. The molecule has 0 aliphatic heterocycles. The molecule has 0 atom stereocenters. The molecule has 5 aromatic rings. The van der Waals surface area contributed by atoms with Crippen LogP contribution in [0.4, 0.5) is 0 Å². The van der Waals surface area contributed by atoms with Crippen molar-refractivity contribution < 1.29 is 18.3 Å². The van der Waals surface area contributed by atoms with Gasteiger partial charge in [0.05, 0.1) is 12.4 Å². The molecule has 0 aliphatic carbocycles. The Morgan fingerprint density at radius 2 is 0.969 bits per heavy atom. The van der Waals surface area contributed by atoms with Gasteiger partial charge in [0.15, 0.2) is 35.0 Å². The molecule has 4 heterocycles. The van der Waals surface area contributed by atoms with Crippen molar-refractivity contribution >= 4 is 0 Å². The van der Waals surface area contributed by atoms with E-state index in [0.29, 0.717) is 0 Å². The molecule has 6 nitrogen and oxygen atoms in total. The summed E-state index contributed by atoms with van der Waals surface area (Å²) >= 11 is 0. The van der Waals surface area contributed by atoms with Gasteiger partial charge in [-0.25, -0.2) is 4.57 Å². The summed E-state index contributed by atoms with van der Waals surface area (Å²) in [5.41, 5.74) is 4.71. The topological polar surface area (TPSA) is 41.3 Å². The lowest BCUT2D eigenvalue weighted by atomic mass is 10.1. The molecule has 4 aromatic heterocycles. The molecule has 0 aliphatic rings. The van der Waals surface area contributed by atoms with Crippen LogP contribution >= 0.6 is 0 Å². The number of rotatable bonds is 4. The first kappa shape index (κ1) is 19.6. The number of aromatic nitrogens is 6. The van der Waals surface area contributed by atoms with Gasteiger partial charge in [-0.15, -0.1) is 0 Å². The number of aryl methyl sites for hydroxylation is 2. The summed E-state index contributed by atoms with van der Waals surface area (Å²) in [4.78, 5) is 0. The van der Waals surface area contributed by atoms with Crippen molar-refractivity contribution in [2.45, 2.75) is 6.92 Å². The normalized spacial score (nSPS) is 10.8. The van der Waals surface area contributed by atoms with Crippen molar-refractivity contribution in [1.29, 1.82) is 0 Å². The van der Waals surface area contributed by atoms with Crippen LogP contribution in [0.25, 0.3) is 28.5 Å². The van der Waals surface area contributed by atoms with E-state index in [2.05, 4.69) is 70.2 Å². The van der Waals surface area contributed by atoms with Gasteiger partial charge in [-0.3, -0.25) is 0 Å². The lowest BCUT2D eigenvalue weighted by molar-refractivity contribution is -0.671. The Kier molecular flexibility index (Phi) is 5.17. The number of benzene rings is 1. The maximum Gasteiger partial charge on any atom is 0.382 e. The smallest absolute Gasteiger partial charge is 0.208 e. The second kappa shape index (κ2) is 8.43. The molecule has 1 aromatic carbocycles. The Labute approximate surface area is 187 Å². The minimum atomic E-state index is 0.763. The van der Waals surface area contributed by atoms with Crippen LogP contribution < -0.4 is 18.3 Å². The zero-order valence-corrected chi connectivity index (χ0v) is 18.1. The molecular formula is C26H24N6+4. The number of hydrogen-bond acceptors (Lipinski definition) is 2. The summed E-state index contributed by atoms with van der Waals surface area (Å²) in [7, 11) is 2.01. The molecule has 0 unspecified atom stereocenters. The van der Waals surface area contributed by atoms with Crippen LogP contribution in [-0.4, -0.2) is 10.2 Å². The van der Waals surface area contributed by atoms with E-state index in [1.165, 1.54) is 11.1 Å². The molecule has 0 saturated carbocycles. The van der Waals surface area contributed by atoms with Crippen molar-refractivity contribution in [1.82, 2.24) is 10.2 Å². The first-order valence-electron chi connectivity index (χ1n) is 10.5. The van der Waals surface area contributed by atoms with Crippen molar-refractivity contribution in [2.75, 3.05) is 0 Å². The van der Waals surface area contributed by atoms with Gasteiger partial charge in [-0.1, -0.05) is 17.7 Å². The third-order valence-corrected chi connectivity index (χ3v) is 5.41. The third kappa shape index (κ3) is 4.11. The van der Waals surface area contributed by atoms with Crippen LogP contribution in [0.1, 0.15) is 5.56 Å². The predicted molar refractivity (Wildman–Crippen MR) is 118 cm³/mol. The summed E-state index contributed by atoms with van der Waals surface area (Å²) in [5, 5.41) is 8.82. The SMILES string of the molecule is Cc1ccc(-[n+]2cc[n+](-c3ccc(-[n+]4ccc(-c5cc[n+](C)cc5)cc4)nn3)cc2)cc1. The lowest BCUT2D eigenvalue weighted by Crippen LogP contribution is -2.39. The summed E-state index contributed by atoms with van der Waals surface area (Å²) in [6.45, 7) is 2.09. The van der Waals surface area contributed by atoms with Gasteiger partial charge < -0.3 is 0 Å². The Morgan fingerprint density at radius 1 is 0.500 bits per heavy atom. The summed E-state index contributed by atoms with van der Waals surface area (Å²) in [5.74, 6) is 1.53. The van der Waals surface area contributed by atoms with Crippen LogP contribution in [0.15, 0.2) is 110 Å². The van der Waals surface area contributed by atoms with Gasteiger partial charge >= 0.3 is 11.6 Å². The second-order valence-electron chi connectivity index (χ2n) is 7.74. The van der Waals surface area contributed by atoms with E-state index in [9.17, 15) is 0 Å². The minimum absolute atomic E-state index is 0.763. The zero-order chi connectivity index (χ0) is 21.9. The highest BCUT2D eigenvalue weighted by Crippen LogP contribution is 2.15. The van der Waals surface area contributed by atoms with Crippen LogP contribution in [0.5, 0.6) is 0 Å². The molecule has 32 heavy (non-hydrogen) atoms. The largest absolute Gasteiger partial charge is 0.382 e. The quantitative estimate of drug-likeness (QED) is 0.418. The fourth-order valence-electron chi connectivity index (χ4n) is 3.49. The highest BCUT2D eigenvalue weighted by atomic mass is 15.2. The molecule has 0 N–H and O–H groups in total. The Balaban J connectivity index is 1.33. The first-order valence-corrected chi connectivity index (χ1v) is 10.5. The number of hydrogen-bond donors (Lipinski definition) is 0. The van der Waals surface area contributed by atoms with E-state index in [4.69, 9.17) is 0 Å². The van der Waals surface area contributed by atoms with E-state index < -0.39 is 0 Å². The van der Waals surface area contributed by atoms with Crippen LogP contribution in [0.3, 0.4) is 0 Å². The molecule has 0 saturated heterocycles.